The summed E-state index contributed by atoms with van der Waals surface area (Å²) < 4.78 is 0. The summed E-state index contributed by atoms with van der Waals surface area (Å²) in [5.74, 6) is 4.17. The van der Waals surface area contributed by atoms with Crippen molar-refractivity contribution >= 4 is 5.71 Å². The van der Waals surface area contributed by atoms with Gasteiger partial charge in [0.25, 0.3) is 0 Å². The SMILES string of the molecule is CCCCCCCCCCCCCCCCCCC(CCCCCCCC=C(CCCCCCCCCC)CCCCCCCCCCC)CC(C)CC(C)C(=NCCCCCC(C)CC)C1CC1. The van der Waals surface area contributed by atoms with Crippen molar-refractivity contribution in [2.75, 3.05) is 6.54 Å². The molecule has 0 heterocycles. The molecule has 1 aliphatic carbocycles. The molecule has 0 aromatic heterocycles. The van der Waals surface area contributed by atoms with Gasteiger partial charge in [-0.1, -0.05) is 323 Å². The zero-order chi connectivity index (χ0) is 49.9. The molecule has 1 rings (SSSR count). The van der Waals surface area contributed by atoms with Gasteiger partial charge in [-0.3, -0.25) is 4.99 Å². The number of unbranched alkanes of at least 4 members (excludes halogenated alkanes) is 37. The molecule has 4 unspecified atom stereocenters. The molecular formula is C68H133N. The van der Waals surface area contributed by atoms with E-state index in [4.69, 9.17) is 4.99 Å². The first-order chi connectivity index (χ1) is 33.9. The summed E-state index contributed by atoms with van der Waals surface area (Å²) >= 11 is 0. The van der Waals surface area contributed by atoms with Crippen LogP contribution in [0.5, 0.6) is 0 Å². The number of allylic oxidation sites excluding steroid dienone is 2. The topological polar surface area (TPSA) is 12.4 Å². The van der Waals surface area contributed by atoms with Gasteiger partial charge in [-0.25, -0.2) is 0 Å². The van der Waals surface area contributed by atoms with Crippen LogP contribution in [0.15, 0.2) is 16.6 Å². The molecule has 0 N–H and O–H groups in total. The predicted octanol–water partition coefficient (Wildman–Crippen LogP) is 24.9. The Bertz CT molecular complexity index is 1070. The van der Waals surface area contributed by atoms with E-state index in [9.17, 15) is 0 Å². The van der Waals surface area contributed by atoms with Gasteiger partial charge in [0.2, 0.25) is 0 Å². The quantitative estimate of drug-likeness (QED) is 0.0327. The van der Waals surface area contributed by atoms with Crippen LogP contribution in [0.3, 0.4) is 0 Å². The Hall–Kier alpha value is -0.590. The van der Waals surface area contributed by atoms with E-state index in [1.54, 1.807) is 5.71 Å². The van der Waals surface area contributed by atoms with Crippen LogP contribution in [0.2, 0.25) is 0 Å². The van der Waals surface area contributed by atoms with Crippen LogP contribution in [-0.4, -0.2) is 12.3 Å². The Morgan fingerprint density at radius 3 is 1.16 bits per heavy atom. The number of rotatable bonds is 57. The molecule has 69 heavy (non-hydrogen) atoms. The lowest BCUT2D eigenvalue weighted by atomic mass is 9.82. The summed E-state index contributed by atoms with van der Waals surface area (Å²) in [7, 11) is 0. The molecule has 4 atom stereocenters. The first-order valence-corrected chi connectivity index (χ1v) is 33.2. The van der Waals surface area contributed by atoms with Crippen LogP contribution in [0.25, 0.3) is 0 Å². The lowest BCUT2D eigenvalue weighted by Crippen LogP contribution is -2.19. The van der Waals surface area contributed by atoms with Crippen molar-refractivity contribution in [3.63, 3.8) is 0 Å². The van der Waals surface area contributed by atoms with Crippen molar-refractivity contribution in [3.05, 3.63) is 11.6 Å². The van der Waals surface area contributed by atoms with E-state index >= 15 is 0 Å². The van der Waals surface area contributed by atoms with Gasteiger partial charge in [0.1, 0.15) is 0 Å². The van der Waals surface area contributed by atoms with Gasteiger partial charge < -0.3 is 0 Å². The summed E-state index contributed by atoms with van der Waals surface area (Å²) in [5, 5.41) is 0. The van der Waals surface area contributed by atoms with Gasteiger partial charge in [0.15, 0.2) is 0 Å². The fourth-order valence-electron chi connectivity index (χ4n) is 11.9. The monoisotopic (exact) mass is 964 g/mol. The number of hydrogen-bond donors (Lipinski definition) is 0. The maximum Gasteiger partial charge on any atom is 0.0388 e. The highest BCUT2D eigenvalue weighted by Gasteiger charge is 2.31. The third-order valence-electron chi connectivity index (χ3n) is 17.0. The summed E-state index contributed by atoms with van der Waals surface area (Å²) in [5.41, 5.74) is 3.45. The van der Waals surface area contributed by atoms with Crippen LogP contribution in [0, 0.1) is 29.6 Å². The minimum Gasteiger partial charge on any atom is -0.294 e. The lowest BCUT2D eigenvalue weighted by molar-refractivity contribution is 0.308. The van der Waals surface area contributed by atoms with E-state index in [1.807, 2.05) is 5.57 Å². The van der Waals surface area contributed by atoms with Gasteiger partial charge in [-0.15, -0.1) is 0 Å². The van der Waals surface area contributed by atoms with E-state index in [0.717, 1.165) is 30.2 Å². The molecule has 0 spiro atoms. The van der Waals surface area contributed by atoms with Gasteiger partial charge >= 0.3 is 0 Å². The molecular weight excluding hydrogens is 831 g/mol. The third kappa shape index (κ3) is 45.7. The molecule has 0 aliphatic heterocycles. The second kappa shape index (κ2) is 52.3. The van der Waals surface area contributed by atoms with Gasteiger partial charge in [0.05, 0.1) is 0 Å². The third-order valence-corrected chi connectivity index (χ3v) is 17.0. The second-order valence-electron chi connectivity index (χ2n) is 24.4. The molecule has 0 amide bonds. The van der Waals surface area contributed by atoms with Crippen LogP contribution in [0.1, 0.15) is 382 Å². The fraction of sp³-hybridized carbons (Fsp3) is 0.956. The molecule has 1 fully saturated rings. The predicted molar refractivity (Wildman–Crippen MR) is 318 cm³/mol. The molecule has 0 aromatic carbocycles. The highest BCUT2D eigenvalue weighted by Crippen LogP contribution is 2.37. The smallest absolute Gasteiger partial charge is 0.0388 e. The standard InChI is InChI=1S/C68H133N/c1-8-12-15-18-21-24-25-26-27-28-29-30-32-35-41-48-55-66(61-63(6)60-64(7)68(67-57-58-67)69-59-50-43-44-51-62(5)11-4)56-49-42-37-36-40-47-54-65(52-45-38-33-23-20-17-14-10-3)53-46-39-34-31-22-19-16-13-9-2/h54,62-64,66-67H,8-53,55-61H2,1-7H3. The molecule has 0 saturated heterocycles. The summed E-state index contributed by atoms with van der Waals surface area (Å²) in [6.07, 6.45) is 77.5. The average molecular weight is 965 g/mol. The first kappa shape index (κ1) is 66.4. The maximum atomic E-state index is 5.36. The normalized spacial score (nSPS) is 15.3. The van der Waals surface area contributed by atoms with Crippen molar-refractivity contribution in [1.29, 1.82) is 0 Å². The van der Waals surface area contributed by atoms with E-state index in [-0.39, 0.29) is 0 Å². The van der Waals surface area contributed by atoms with Crippen LogP contribution in [0.4, 0.5) is 0 Å². The molecule has 1 aliphatic rings. The van der Waals surface area contributed by atoms with Crippen LogP contribution >= 0.6 is 0 Å². The Morgan fingerprint density at radius 1 is 0.391 bits per heavy atom. The Balaban J connectivity index is 2.56. The minimum absolute atomic E-state index is 0.684. The molecule has 410 valence electrons. The second-order valence-corrected chi connectivity index (χ2v) is 24.4. The van der Waals surface area contributed by atoms with E-state index < -0.39 is 0 Å². The van der Waals surface area contributed by atoms with Gasteiger partial charge in [-0.2, -0.15) is 0 Å². The number of aliphatic imine (C=N–C) groups is 1. The van der Waals surface area contributed by atoms with E-state index in [2.05, 4.69) is 54.5 Å². The van der Waals surface area contributed by atoms with Crippen molar-refractivity contribution in [2.24, 2.45) is 34.6 Å². The van der Waals surface area contributed by atoms with Crippen molar-refractivity contribution < 1.29 is 0 Å². The van der Waals surface area contributed by atoms with E-state index in [1.165, 1.54) is 334 Å². The molecule has 0 aromatic rings. The lowest BCUT2D eigenvalue weighted by Gasteiger charge is -2.24. The average Bonchev–Trinajstić information content (AvgIpc) is 4.19. The Kier molecular flexibility index (Phi) is 50.3. The number of nitrogens with zero attached hydrogens (tertiary/aromatic N) is 1. The first-order valence-electron chi connectivity index (χ1n) is 33.2. The summed E-state index contributed by atoms with van der Waals surface area (Å²) in [6.45, 7) is 18.0. The van der Waals surface area contributed by atoms with Crippen molar-refractivity contribution in [3.8, 4) is 0 Å². The molecule has 1 heteroatoms. The molecule has 1 nitrogen and oxygen atoms in total. The van der Waals surface area contributed by atoms with Crippen molar-refractivity contribution in [1.82, 2.24) is 0 Å². The molecule has 0 bridgehead atoms. The maximum absolute atomic E-state index is 5.36. The molecule has 1 saturated carbocycles. The number of hydrogen-bond acceptors (Lipinski definition) is 1. The largest absolute Gasteiger partial charge is 0.294 e. The Morgan fingerprint density at radius 2 is 0.754 bits per heavy atom. The summed E-state index contributed by atoms with van der Waals surface area (Å²) in [4.78, 5) is 5.36. The highest BCUT2D eigenvalue weighted by molar-refractivity contribution is 5.90. The zero-order valence-electron chi connectivity index (χ0n) is 49.4. The molecule has 0 radical (unpaired) electrons. The fourth-order valence-corrected chi connectivity index (χ4v) is 11.9. The zero-order valence-corrected chi connectivity index (χ0v) is 49.4. The van der Waals surface area contributed by atoms with Crippen LogP contribution in [-0.2, 0) is 0 Å². The minimum atomic E-state index is 0.684. The van der Waals surface area contributed by atoms with Crippen molar-refractivity contribution in [2.45, 2.75) is 382 Å². The Labute approximate surface area is 438 Å². The van der Waals surface area contributed by atoms with Gasteiger partial charge in [0, 0.05) is 12.3 Å². The van der Waals surface area contributed by atoms with Crippen LogP contribution < -0.4 is 0 Å². The summed E-state index contributed by atoms with van der Waals surface area (Å²) in [6, 6.07) is 0. The highest BCUT2D eigenvalue weighted by atomic mass is 14.8. The van der Waals surface area contributed by atoms with Gasteiger partial charge in [-0.05, 0) is 100 Å². The van der Waals surface area contributed by atoms with E-state index in [0.29, 0.717) is 5.92 Å².